The molecule has 23 heavy (non-hydrogen) atoms. The predicted molar refractivity (Wildman–Crippen MR) is 87.0 cm³/mol. The smallest absolute Gasteiger partial charge is 0.313 e. The van der Waals surface area contributed by atoms with Crippen molar-refractivity contribution < 1.29 is 19.6 Å². The SMILES string of the molecule is O=C(O)CSCCNC(=O)c1ccc(NC2CC2)c([N+](=O)[O-])c1. The maximum Gasteiger partial charge on any atom is 0.313 e. The summed E-state index contributed by atoms with van der Waals surface area (Å²) in [5.74, 6) is -0.887. The number of carboxylic acids is 1. The lowest BCUT2D eigenvalue weighted by Crippen LogP contribution is -2.26. The number of amides is 1. The Bertz CT molecular complexity index is 618. The summed E-state index contributed by atoms with van der Waals surface area (Å²) in [7, 11) is 0. The molecule has 0 bridgehead atoms. The van der Waals surface area contributed by atoms with Gasteiger partial charge in [-0.2, -0.15) is 0 Å². The van der Waals surface area contributed by atoms with E-state index in [9.17, 15) is 19.7 Å². The van der Waals surface area contributed by atoms with Gasteiger partial charge in [0.05, 0.1) is 10.7 Å². The van der Waals surface area contributed by atoms with Crippen LogP contribution in [0.1, 0.15) is 23.2 Å². The fraction of sp³-hybridized carbons (Fsp3) is 0.429. The molecule has 1 aliphatic carbocycles. The van der Waals surface area contributed by atoms with E-state index in [2.05, 4.69) is 10.6 Å². The van der Waals surface area contributed by atoms with Gasteiger partial charge < -0.3 is 15.7 Å². The zero-order valence-electron chi connectivity index (χ0n) is 12.3. The third kappa shape index (κ3) is 5.44. The number of carboxylic acid groups (broad SMARTS) is 1. The Morgan fingerprint density at radius 2 is 2.13 bits per heavy atom. The summed E-state index contributed by atoms with van der Waals surface area (Å²) >= 11 is 1.19. The predicted octanol–water partition coefficient (Wildman–Crippen LogP) is 1.72. The molecular formula is C14H17N3O5S. The van der Waals surface area contributed by atoms with Crippen molar-refractivity contribution >= 4 is 35.0 Å². The van der Waals surface area contributed by atoms with Crippen LogP contribution in [0.4, 0.5) is 11.4 Å². The first-order valence-electron chi connectivity index (χ1n) is 7.10. The summed E-state index contributed by atoms with van der Waals surface area (Å²) in [4.78, 5) is 33.0. The fourth-order valence-electron chi connectivity index (χ4n) is 1.89. The summed E-state index contributed by atoms with van der Waals surface area (Å²) in [6, 6.07) is 4.62. The van der Waals surface area contributed by atoms with Crippen molar-refractivity contribution in [2.75, 3.05) is 23.4 Å². The van der Waals surface area contributed by atoms with Gasteiger partial charge in [-0.1, -0.05) is 0 Å². The number of benzene rings is 1. The van der Waals surface area contributed by atoms with Crippen molar-refractivity contribution in [3.8, 4) is 0 Å². The Morgan fingerprint density at radius 1 is 1.39 bits per heavy atom. The van der Waals surface area contributed by atoms with Gasteiger partial charge in [0.2, 0.25) is 0 Å². The molecule has 0 unspecified atom stereocenters. The van der Waals surface area contributed by atoms with Crippen molar-refractivity contribution in [3.05, 3.63) is 33.9 Å². The number of rotatable bonds is 9. The van der Waals surface area contributed by atoms with Crippen LogP contribution in [0.15, 0.2) is 18.2 Å². The molecule has 1 fully saturated rings. The number of hydrogen-bond donors (Lipinski definition) is 3. The Balaban J connectivity index is 1.93. The summed E-state index contributed by atoms with van der Waals surface area (Å²) in [5.41, 5.74) is 0.511. The van der Waals surface area contributed by atoms with Gasteiger partial charge in [0.15, 0.2) is 0 Å². The Labute approximate surface area is 136 Å². The second kappa shape index (κ2) is 7.82. The number of anilines is 1. The maximum absolute atomic E-state index is 12.0. The van der Waals surface area contributed by atoms with E-state index in [-0.39, 0.29) is 23.0 Å². The number of nitrogens with one attached hydrogen (secondary N) is 2. The zero-order chi connectivity index (χ0) is 16.8. The molecule has 0 aliphatic heterocycles. The van der Waals surface area contributed by atoms with E-state index in [4.69, 9.17) is 5.11 Å². The Hall–Kier alpha value is -2.29. The van der Waals surface area contributed by atoms with Crippen LogP contribution in [-0.4, -0.2) is 46.0 Å². The van der Waals surface area contributed by atoms with Crippen molar-refractivity contribution in [1.82, 2.24) is 5.32 Å². The van der Waals surface area contributed by atoms with Crippen LogP contribution in [0, 0.1) is 10.1 Å². The zero-order valence-corrected chi connectivity index (χ0v) is 13.1. The van der Waals surface area contributed by atoms with Crippen molar-refractivity contribution in [2.45, 2.75) is 18.9 Å². The van der Waals surface area contributed by atoms with Gasteiger partial charge in [-0.05, 0) is 25.0 Å². The maximum atomic E-state index is 12.0. The summed E-state index contributed by atoms with van der Waals surface area (Å²) in [6.45, 7) is 0.298. The third-order valence-electron chi connectivity index (χ3n) is 3.15. The fourth-order valence-corrected chi connectivity index (χ4v) is 2.46. The van der Waals surface area contributed by atoms with Gasteiger partial charge in [0.25, 0.3) is 11.6 Å². The van der Waals surface area contributed by atoms with E-state index >= 15 is 0 Å². The van der Waals surface area contributed by atoms with Crippen molar-refractivity contribution in [2.24, 2.45) is 0 Å². The number of nitrogens with zero attached hydrogens (tertiary/aromatic N) is 1. The lowest BCUT2D eigenvalue weighted by Gasteiger charge is -2.08. The van der Waals surface area contributed by atoms with Gasteiger partial charge in [-0.25, -0.2) is 0 Å². The Kier molecular flexibility index (Phi) is 5.80. The highest BCUT2D eigenvalue weighted by Crippen LogP contribution is 2.31. The highest BCUT2D eigenvalue weighted by molar-refractivity contribution is 7.99. The summed E-state index contributed by atoms with van der Waals surface area (Å²) < 4.78 is 0. The number of nitro benzene ring substituents is 1. The number of hydrogen-bond acceptors (Lipinski definition) is 6. The highest BCUT2D eigenvalue weighted by atomic mass is 32.2. The van der Waals surface area contributed by atoms with Crippen LogP contribution in [0.3, 0.4) is 0 Å². The van der Waals surface area contributed by atoms with Crippen LogP contribution < -0.4 is 10.6 Å². The van der Waals surface area contributed by atoms with E-state index < -0.39 is 16.8 Å². The van der Waals surface area contributed by atoms with E-state index in [1.54, 1.807) is 6.07 Å². The molecule has 1 saturated carbocycles. The van der Waals surface area contributed by atoms with Crippen molar-refractivity contribution in [1.29, 1.82) is 0 Å². The normalized spacial score (nSPS) is 13.4. The van der Waals surface area contributed by atoms with Crippen LogP contribution in [0.25, 0.3) is 0 Å². The minimum Gasteiger partial charge on any atom is -0.481 e. The standard InChI is InChI=1S/C14H17N3O5S/c18-13(19)8-23-6-5-15-14(20)9-1-4-11(16-10-2-3-10)12(7-9)17(21)22/h1,4,7,10,16H,2-3,5-6,8H2,(H,15,20)(H,18,19). The quantitative estimate of drug-likeness (QED) is 0.356. The molecule has 2 rings (SSSR count). The lowest BCUT2D eigenvalue weighted by molar-refractivity contribution is -0.384. The second-order valence-electron chi connectivity index (χ2n) is 5.11. The number of carbonyl (C=O) groups excluding carboxylic acids is 1. The molecule has 124 valence electrons. The first-order chi connectivity index (χ1) is 11.0. The number of thioether (sulfide) groups is 1. The minimum absolute atomic E-state index is 0.0249. The van der Waals surface area contributed by atoms with Crippen LogP contribution >= 0.6 is 11.8 Å². The van der Waals surface area contributed by atoms with Gasteiger partial charge in [-0.3, -0.25) is 19.7 Å². The van der Waals surface area contributed by atoms with Crippen molar-refractivity contribution in [3.63, 3.8) is 0 Å². The van der Waals surface area contributed by atoms with Gasteiger partial charge in [0.1, 0.15) is 5.69 Å². The molecule has 1 aromatic rings. The molecule has 1 aromatic carbocycles. The van der Waals surface area contributed by atoms with Crippen LogP contribution in [0.2, 0.25) is 0 Å². The molecule has 1 amide bonds. The van der Waals surface area contributed by atoms with E-state index in [1.165, 1.54) is 23.9 Å². The molecule has 0 saturated heterocycles. The molecule has 0 spiro atoms. The molecule has 0 atom stereocenters. The average molecular weight is 339 g/mol. The summed E-state index contributed by atoms with van der Waals surface area (Å²) in [6.07, 6.45) is 1.99. The number of carbonyl (C=O) groups is 2. The monoisotopic (exact) mass is 339 g/mol. The molecule has 1 aliphatic rings. The third-order valence-corrected chi connectivity index (χ3v) is 4.09. The minimum atomic E-state index is -0.907. The molecule has 9 heteroatoms. The topological polar surface area (TPSA) is 122 Å². The Morgan fingerprint density at radius 3 is 2.74 bits per heavy atom. The van der Waals surface area contributed by atoms with E-state index in [0.717, 1.165) is 12.8 Å². The van der Waals surface area contributed by atoms with E-state index in [0.29, 0.717) is 18.0 Å². The largest absolute Gasteiger partial charge is 0.481 e. The second-order valence-corrected chi connectivity index (χ2v) is 6.22. The number of nitro groups is 1. The first-order valence-corrected chi connectivity index (χ1v) is 8.25. The lowest BCUT2D eigenvalue weighted by atomic mass is 10.1. The highest BCUT2D eigenvalue weighted by Gasteiger charge is 2.25. The van der Waals surface area contributed by atoms with E-state index in [1.807, 2.05) is 0 Å². The van der Waals surface area contributed by atoms with Gasteiger partial charge in [-0.15, -0.1) is 11.8 Å². The molecule has 0 aromatic heterocycles. The van der Waals surface area contributed by atoms with Crippen LogP contribution in [0.5, 0.6) is 0 Å². The summed E-state index contributed by atoms with van der Waals surface area (Å²) in [5, 5.41) is 25.3. The number of aliphatic carboxylic acids is 1. The van der Waals surface area contributed by atoms with Gasteiger partial charge in [0, 0.05) is 30.0 Å². The van der Waals surface area contributed by atoms with Gasteiger partial charge >= 0.3 is 5.97 Å². The molecule has 0 heterocycles. The molecule has 8 nitrogen and oxygen atoms in total. The molecular weight excluding hydrogens is 322 g/mol. The average Bonchev–Trinajstić information content (AvgIpc) is 3.30. The molecule has 3 N–H and O–H groups in total. The first kappa shape index (κ1) is 17.1. The van der Waals surface area contributed by atoms with Crippen LogP contribution in [-0.2, 0) is 4.79 Å². The molecule has 0 radical (unpaired) electrons.